The molecule has 212 valence electrons. The van der Waals surface area contributed by atoms with Gasteiger partial charge in [-0.25, -0.2) is 13.4 Å². The van der Waals surface area contributed by atoms with E-state index in [-0.39, 0.29) is 10.8 Å². The number of rotatable bonds is 7. The van der Waals surface area contributed by atoms with Crippen LogP contribution in [0.1, 0.15) is 47.6 Å². The van der Waals surface area contributed by atoms with E-state index in [0.717, 1.165) is 33.6 Å². The molecular formula is C29H34ClN5O3S2. The molecule has 8 nitrogen and oxygen atoms in total. The highest BCUT2D eigenvalue weighted by molar-refractivity contribution is 7.89. The molecule has 2 aromatic carbocycles. The minimum Gasteiger partial charge on any atom is -0.282 e. The number of anilines is 1. The Morgan fingerprint density at radius 2 is 1.75 bits per heavy atom. The highest BCUT2D eigenvalue weighted by Gasteiger charge is 2.32. The van der Waals surface area contributed by atoms with Crippen molar-refractivity contribution in [1.29, 1.82) is 0 Å². The minimum absolute atomic E-state index is 0.199. The number of aryl methyl sites for hydroxylation is 3. The highest BCUT2D eigenvalue weighted by Crippen LogP contribution is 2.34. The van der Waals surface area contributed by atoms with Crippen LogP contribution in [0.25, 0.3) is 10.2 Å². The summed E-state index contributed by atoms with van der Waals surface area (Å²) in [6, 6.07) is 12.0. The van der Waals surface area contributed by atoms with Crippen LogP contribution in [0, 0.1) is 32.6 Å². The number of nitrogens with zero attached hydrogens (tertiary/aromatic N) is 5. The van der Waals surface area contributed by atoms with Crippen molar-refractivity contribution in [2.45, 2.75) is 52.5 Å². The third-order valence-electron chi connectivity index (χ3n) is 7.43. The van der Waals surface area contributed by atoms with Gasteiger partial charge < -0.3 is 0 Å². The molecule has 1 saturated heterocycles. The number of thiazole rings is 1. The van der Waals surface area contributed by atoms with Gasteiger partial charge in [0.15, 0.2) is 5.13 Å². The van der Waals surface area contributed by atoms with E-state index >= 15 is 0 Å². The van der Waals surface area contributed by atoms with Gasteiger partial charge in [0, 0.05) is 35.9 Å². The zero-order valence-corrected chi connectivity index (χ0v) is 25.8. The number of carbonyl (C=O) groups excluding carboxylic acids is 1. The van der Waals surface area contributed by atoms with Crippen molar-refractivity contribution in [3.8, 4) is 0 Å². The van der Waals surface area contributed by atoms with Gasteiger partial charge in [0.1, 0.15) is 0 Å². The Balaban J connectivity index is 1.45. The maximum Gasteiger partial charge on any atom is 0.260 e. The van der Waals surface area contributed by atoms with E-state index in [9.17, 15) is 13.2 Å². The summed E-state index contributed by atoms with van der Waals surface area (Å²) in [5, 5.41) is 5.72. The molecule has 11 heteroatoms. The summed E-state index contributed by atoms with van der Waals surface area (Å²) in [5.74, 6) is 0.360. The van der Waals surface area contributed by atoms with Crippen molar-refractivity contribution in [2.75, 3.05) is 24.5 Å². The quantitative estimate of drug-likeness (QED) is 0.257. The number of carbonyl (C=O) groups is 1. The molecule has 2 atom stereocenters. The summed E-state index contributed by atoms with van der Waals surface area (Å²) in [6.45, 7) is 11.8. The lowest BCUT2D eigenvalue weighted by Crippen LogP contribution is -2.42. The Hall–Kier alpha value is -2.79. The molecule has 2 unspecified atom stereocenters. The van der Waals surface area contributed by atoms with E-state index in [4.69, 9.17) is 16.6 Å². The fraction of sp³-hybridized carbons (Fsp3) is 0.414. The lowest BCUT2D eigenvalue weighted by Gasteiger charge is -2.34. The Kier molecular flexibility index (Phi) is 8.07. The van der Waals surface area contributed by atoms with Gasteiger partial charge in [-0.15, -0.1) is 0 Å². The molecule has 2 aromatic heterocycles. The lowest BCUT2D eigenvalue weighted by atomic mass is 9.94. The summed E-state index contributed by atoms with van der Waals surface area (Å²) in [4.78, 5) is 20.6. The number of amides is 1. The number of hydrogen-bond donors (Lipinski definition) is 0. The third kappa shape index (κ3) is 5.68. The standard InChI is InChI=1S/C29H34ClN5O3S2/c1-18-14-19(2)17-33(16-18)40(37,38)24-8-6-23(7-9-24)28(36)34(12-13-35-21(4)15-20(3)32-35)29-31-27-22(5)25(30)10-11-26(27)39-29/h6-11,15,18-19H,12-14,16-17H2,1-5H3. The van der Waals surface area contributed by atoms with Gasteiger partial charge in [-0.3, -0.25) is 14.4 Å². The average Bonchev–Trinajstić information content (AvgIpc) is 3.48. The van der Waals surface area contributed by atoms with Crippen molar-refractivity contribution in [3.05, 3.63) is 70.0 Å². The molecule has 3 heterocycles. The van der Waals surface area contributed by atoms with Crippen molar-refractivity contribution >= 4 is 54.2 Å². The van der Waals surface area contributed by atoms with Crippen LogP contribution in [0.5, 0.6) is 0 Å². The molecule has 0 bridgehead atoms. The van der Waals surface area contributed by atoms with Gasteiger partial charge >= 0.3 is 0 Å². The summed E-state index contributed by atoms with van der Waals surface area (Å²) >= 11 is 7.76. The molecule has 0 radical (unpaired) electrons. The number of benzene rings is 2. The van der Waals surface area contributed by atoms with Gasteiger partial charge in [0.05, 0.1) is 27.4 Å². The van der Waals surface area contributed by atoms with Crippen molar-refractivity contribution < 1.29 is 13.2 Å². The van der Waals surface area contributed by atoms with Crippen LogP contribution in [0.4, 0.5) is 5.13 Å². The molecule has 0 N–H and O–H groups in total. The maximum atomic E-state index is 13.9. The summed E-state index contributed by atoms with van der Waals surface area (Å²) in [7, 11) is -3.64. The van der Waals surface area contributed by atoms with Crippen molar-refractivity contribution in [1.82, 2.24) is 19.1 Å². The maximum absolute atomic E-state index is 13.9. The van der Waals surface area contributed by atoms with Gasteiger partial charge in [-0.05, 0) is 87.1 Å². The number of fused-ring (bicyclic) bond motifs is 1. The third-order valence-corrected chi connectivity index (χ3v) is 10.7. The first-order chi connectivity index (χ1) is 18.9. The van der Waals surface area contributed by atoms with Crippen LogP contribution in [-0.2, 0) is 16.6 Å². The second-order valence-electron chi connectivity index (χ2n) is 10.9. The Bertz CT molecular complexity index is 1650. The first-order valence-corrected chi connectivity index (χ1v) is 16.1. The monoisotopic (exact) mass is 599 g/mol. The average molecular weight is 600 g/mol. The van der Waals surface area contributed by atoms with E-state index in [2.05, 4.69) is 18.9 Å². The molecule has 1 aliphatic heterocycles. The Labute approximate surface area is 244 Å². The van der Waals surface area contributed by atoms with Gasteiger partial charge in [0.2, 0.25) is 10.0 Å². The first kappa shape index (κ1) is 28.7. The summed E-state index contributed by atoms with van der Waals surface area (Å²) < 4.78 is 31.1. The van der Waals surface area contributed by atoms with Gasteiger partial charge in [0.25, 0.3) is 5.91 Å². The molecule has 5 rings (SSSR count). The summed E-state index contributed by atoms with van der Waals surface area (Å²) in [6.07, 6.45) is 1.02. The molecule has 0 saturated carbocycles. The fourth-order valence-electron chi connectivity index (χ4n) is 5.46. The lowest BCUT2D eigenvalue weighted by molar-refractivity contribution is 0.0985. The largest absolute Gasteiger partial charge is 0.282 e. The van der Waals surface area contributed by atoms with Crippen LogP contribution < -0.4 is 4.90 Å². The molecule has 1 amide bonds. The molecule has 1 aliphatic rings. The molecule has 40 heavy (non-hydrogen) atoms. The second-order valence-corrected chi connectivity index (χ2v) is 14.3. The molecule has 0 spiro atoms. The Morgan fingerprint density at radius 3 is 2.38 bits per heavy atom. The normalized spacial score (nSPS) is 18.4. The first-order valence-electron chi connectivity index (χ1n) is 13.4. The van der Waals surface area contributed by atoms with Crippen LogP contribution >= 0.6 is 22.9 Å². The summed E-state index contributed by atoms with van der Waals surface area (Å²) in [5.41, 5.74) is 3.94. The second kappa shape index (κ2) is 11.2. The van der Waals surface area contributed by atoms with Gasteiger partial charge in [-0.1, -0.05) is 36.8 Å². The van der Waals surface area contributed by atoms with Crippen LogP contribution in [0.15, 0.2) is 47.4 Å². The minimum atomic E-state index is -3.64. The van der Waals surface area contributed by atoms with E-state index < -0.39 is 10.0 Å². The van der Waals surface area contributed by atoms with E-state index in [1.54, 1.807) is 21.3 Å². The predicted octanol–water partition coefficient (Wildman–Crippen LogP) is 6.09. The number of sulfonamides is 1. The number of hydrogen-bond acceptors (Lipinski definition) is 6. The molecule has 1 fully saturated rings. The number of aromatic nitrogens is 3. The SMILES string of the molecule is Cc1cc(C)n(CCN(C(=O)c2ccc(S(=O)(=O)N3CC(C)CC(C)C3)cc2)c2nc3c(C)c(Cl)ccc3s2)n1. The highest BCUT2D eigenvalue weighted by atomic mass is 35.5. The number of halogens is 1. The van der Waals surface area contributed by atoms with Gasteiger partial charge in [-0.2, -0.15) is 9.40 Å². The van der Waals surface area contributed by atoms with Crippen LogP contribution in [0.2, 0.25) is 5.02 Å². The topological polar surface area (TPSA) is 88.4 Å². The number of piperidine rings is 1. The molecular weight excluding hydrogens is 566 g/mol. The van der Waals surface area contributed by atoms with E-state index in [1.807, 2.05) is 43.7 Å². The molecule has 4 aromatic rings. The zero-order chi connectivity index (χ0) is 28.8. The molecule has 0 aliphatic carbocycles. The van der Waals surface area contributed by atoms with Crippen LogP contribution in [-0.4, -0.2) is 53.0 Å². The predicted molar refractivity (Wildman–Crippen MR) is 161 cm³/mol. The zero-order valence-electron chi connectivity index (χ0n) is 23.4. The fourth-order valence-corrected chi connectivity index (χ4v) is 8.34. The van der Waals surface area contributed by atoms with E-state index in [0.29, 0.717) is 53.7 Å². The van der Waals surface area contributed by atoms with Crippen molar-refractivity contribution in [2.24, 2.45) is 11.8 Å². The van der Waals surface area contributed by atoms with E-state index in [1.165, 1.54) is 23.5 Å². The Morgan fingerprint density at radius 1 is 1.07 bits per heavy atom. The smallest absolute Gasteiger partial charge is 0.260 e. The van der Waals surface area contributed by atoms with Crippen molar-refractivity contribution in [3.63, 3.8) is 0 Å². The van der Waals surface area contributed by atoms with Crippen LogP contribution in [0.3, 0.4) is 0 Å².